The molecule has 8 N–H and O–H groups in total. The molecule has 2 amide bonds. The summed E-state index contributed by atoms with van der Waals surface area (Å²) < 4.78 is 0. The van der Waals surface area contributed by atoms with Crippen molar-refractivity contribution in [3.05, 3.63) is 53.1 Å². The lowest BCUT2D eigenvalue weighted by Crippen LogP contribution is -2.36. The molecule has 0 aliphatic carbocycles. The van der Waals surface area contributed by atoms with Gasteiger partial charge in [-0.15, -0.1) is 11.8 Å². The van der Waals surface area contributed by atoms with E-state index in [2.05, 4.69) is 31.4 Å². The topological polar surface area (TPSA) is 153 Å². The Morgan fingerprint density at radius 1 is 1.03 bits per heavy atom. The van der Waals surface area contributed by atoms with Gasteiger partial charge >= 0.3 is 0 Å². The standard InChI is InChI=1S/C26H37N5O3S/c1-26(2,3)19-14-21(30-24(33)18-8-6-7-17(13-18)16-32)23(35-12-11-28)22(15-19)31-25(34)20(29)9-4-5-10-27/h6-8,13-16,20H,4-5,9-12,27-29H2,1-3H3,(H,30,33)(H,31,34). The number of hydrogen-bond donors (Lipinski definition) is 5. The van der Waals surface area contributed by atoms with Gasteiger partial charge in [-0.2, -0.15) is 0 Å². The van der Waals surface area contributed by atoms with E-state index in [-0.39, 0.29) is 17.2 Å². The lowest BCUT2D eigenvalue weighted by atomic mass is 9.86. The Morgan fingerprint density at radius 3 is 2.31 bits per heavy atom. The van der Waals surface area contributed by atoms with Gasteiger partial charge < -0.3 is 27.8 Å². The molecule has 0 spiro atoms. The summed E-state index contributed by atoms with van der Waals surface area (Å²) in [4.78, 5) is 37.8. The highest BCUT2D eigenvalue weighted by Gasteiger charge is 2.23. The number of rotatable bonds is 12. The Bertz CT molecular complexity index is 1040. The van der Waals surface area contributed by atoms with Crippen molar-refractivity contribution in [2.75, 3.05) is 29.5 Å². The van der Waals surface area contributed by atoms with Gasteiger partial charge in [0.25, 0.3) is 5.91 Å². The fourth-order valence-electron chi connectivity index (χ4n) is 3.38. The minimum Gasteiger partial charge on any atom is -0.330 e. The van der Waals surface area contributed by atoms with Gasteiger partial charge in [0.15, 0.2) is 0 Å². The van der Waals surface area contributed by atoms with Crippen LogP contribution in [-0.4, -0.2) is 43.0 Å². The summed E-state index contributed by atoms with van der Waals surface area (Å²) >= 11 is 1.45. The molecule has 9 heteroatoms. The van der Waals surface area contributed by atoms with E-state index in [1.165, 1.54) is 17.8 Å². The molecule has 0 radical (unpaired) electrons. The smallest absolute Gasteiger partial charge is 0.255 e. The van der Waals surface area contributed by atoms with E-state index in [0.29, 0.717) is 58.9 Å². The molecule has 0 fully saturated rings. The molecule has 0 saturated carbocycles. The van der Waals surface area contributed by atoms with Crippen molar-refractivity contribution >= 4 is 41.2 Å². The summed E-state index contributed by atoms with van der Waals surface area (Å²) in [6.07, 6.45) is 2.80. The summed E-state index contributed by atoms with van der Waals surface area (Å²) in [6, 6.07) is 9.64. The number of aldehydes is 1. The molecule has 35 heavy (non-hydrogen) atoms. The van der Waals surface area contributed by atoms with E-state index in [0.717, 1.165) is 18.4 Å². The fraction of sp³-hybridized carbons (Fsp3) is 0.423. The maximum absolute atomic E-state index is 13.1. The third kappa shape index (κ3) is 8.47. The van der Waals surface area contributed by atoms with Crippen LogP contribution in [0.15, 0.2) is 41.3 Å². The van der Waals surface area contributed by atoms with Crippen LogP contribution in [0.3, 0.4) is 0 Å². The second-order valence-electron chi connectivity index (χ2n) is 9.37. The van der Waals surface area contributed by atoms with Gasteiger partial charge in [0.1, 0.15) is 6.29 Å². The van der Waals surface area contributed by atoms with Crippen molar-refractivity contribution in [1.29, 1.82) is 0 Å². The third-order valence-corrected chi connectivity index (χ3v) is 6.58. The molecular formula is C26H37N5O3S. The molecule has 2 rings (SSSR count). The summed E-state index contributed by atoms with van der Waals surface area (Å²) in [6.45, 7) is 7.14. The van der Waals surface area contributed by atoms with E-state index < -0.39 is 6.04 Å². The van der Waals surface area contributed by atoms with Gasteiger partial charge in [0.05, 0.1) is 22.3 Å². The highest BCUT2D eigenvalue weighted by atomic mass is 32.2. The van der Waals surface area contributed by atoms with Crippen molar-refractivity contribution in [2.24, 2.45) is 17.2 Å². The summed E-state index contributed by atoms with van der Waals surface area (Å²) in [5.41, 5.74) is 20.0. The zero-order chi connectivity index (χ0) is 26.0. The van der Waals surface area contributed by atoms with Crippen LogP contribution >= 0.6 is 11.8 Å². The maximum atomic E-state index is 13.1. The lowest BCUT2D eigenvalue weighted by molar-refractivity contribution is -0.117. The van der Waals surface area contributed by atoms with Crippen molar-refractivity contribution in [3.63, 3.8) is 0 Å². The fourth-order valence-corrected chi connectivity index (χ4v) is 4.23. The van der Waals surface area contributed by atoms with Crippen LogP contribution in [0.4, 0.5) is 11.4 Å². The van der Waals surface area contributed by atoms with E-state index in [1.54, 1.807) is 18.2 Å². The van der Waals surface area contributed by atoms with Gasteiger partial charge in [-0.1, -0.05) is 39.3 Å². The number of thioether (sulfide) groups is 1. The number of unbranched alkanes of at least 4 members (excludes halogenated alkanes) is 1. The average Bonchev–Trinajstić information content (AvgIpc) is 2.82. The van der Waals surface area contributed by atoms with Gasteiger partial charge in [-0.3, -0.25) is 14.4 Å². The van der Waals surface area contributed by atoms with Crippen LogP contribution in [0.1, 0.15) is 66.3 Å². The van der Waals surface area contributed by atoms with Crippen molar-refractivity contribution in [2.45, 2.75) is 56.4 Å². The largest absolute Gasteiger partial charge is 0.330 e. The number of benzene rings is 2. The summed E-state index contributed by atoms with van der Waals surface area (Å²) in [7, 11) is 0. The Balaban J connectivity index is 2.47. The number of carbonyl (C=O) groups excluding carboxylic acids is 3. The average molecular weight is 500 g/mol. The van der Waals surface area contributed by atoms with E-state index in [9.17, 15) is 14.4 Å². The monoisotopic (exact) mass is 499 g/mol. The van der Waals surface area contributed by atoms with Crippen LogP contribution in [-0.2, 0) is 10.2 Å². The molecule has 0 bridgehead atoms. The molecule has 0 saturated heterocycles. The van der Waals surface area contributed by atoms with Crippen molar-refractivity contribution in [3.8, 4) is 0 Å². The lowest BCUT2D eigenvalue weighted by Gasteiger charge is -2.25. The Labute approximate surface area is 211 Å². The number of nitrogens with one attached hydrogen (secondary N) is 2. The van der Waals surface area contributed by atoms with Crippen molar-refractivity contribution < 1.29 is 14.4 Å². The Morgan fingerprint density at radius 2 is 1.71 bits per heavy atom. The first-order valence-electron chi connectivity index (χ1n) is 11.7. The Hall–Kier alpha value is -2.72. The molecular weight excluding hydrogens is 462 g/mol. The van der Waals surface area contributed by atoms with Crippen LogP contribution in [0.2, 0.25) is 0 Å². The van der Waals surface area contributed by atoms with Crippen LogP contribution in [0.25, 0.3) is 0 Å². The molecule has 1 atom stereocenters. The third-order valence-electron chi connectivity index (χ3n) is 5.42. The predicted molar refractivity (Wildman–Crippen MR) is 144 cm³/mol. The van der Waals surface area contributed by atoms with E-state index in [1.807, 2.05) is 12.1 Å². The molecule has 0 aliphatic heterocycles. The second kappa shape index (κ2) is 13.4. The van der Waals surface area contributed by atoms with Gasteiger partial charge in [0.2, 0.25) is 5.91 Å². The first kappa shape index (κ1) is 28.5. The molecule has 8 nitrogen and oxygen atoms in total. The molecule has 190 valence electrons. The maximum Gasteiger partial charge on any atom is 0.255 e. The summed E-state index contributed by atoms with van der Waals surface area (Å²) in [5.74, 6) is -0.0622. The number of hydrogen-bond acceptors (Lipinski definition) is 7. The van der Waals surface area contributed by atoms with Gasteiger partial charge in [0, 0.05) is 23.4 Å². The first-order valence-corrected chi connectivity index (χ1v) is 12.7. The molecule has 1 unspecified atom stereocenters. The molecule has 0 aromatic heterocycles. The number of carbonyl (C=O) groups is 3. The molecule has 0 aliphatic rings. The number of anilines is 2. The minimum atomic E-state index is -0.670. The molecule has 2 aromatic carbocycles. The summed E-state index contributed by atoms with van der Waals surface area (Å²) in [5, 5.41) is 5.95. The van der Waals surface area contributed by atoms with Gasteiger partial charge in [-0.05, 0) is 54.6 Å². The zero-order valence-electron chi connectivity index (χ0n) is 20.7. The number of nitrogens with two attached hydrogens (primary N) is 3. The van der Waals surface area contributed by atoms with Crippen LogP contribution < -0.4 is 27.8 Å². The first-order chi connectivity index (χ1) is 16.6. The Kier molecular flexibility index (Phi) is 10.9. The highest BCUT2D eigenvalue weighted by Crippen LogP contribution is 2.39. The second-order valence-corrected chi connectivity index (χ2v) is 10.5. The predicted octanol–water partition coefficient (Wildman–Crippen LogP) is 3.49. The minimum absolute atomic E-state index is 0.253. The zero-order valence-corrected chi connectivity index (χ0v) is 21.5. The van der Waals surface area contributed by atoms with Gasteiger partial charge in [-0.25, -0.2) is 0 Å². The normalized spacial score (nSPS) is 12.2. The quantitative estimate of drug-likeness (QED) is 0.170. The number of amides is 2. The van der Waals surface area contributed by atoms with Crippen molar-refractivity contribution in [1.82, 2.24) is 0 Å². The SMILES string of the molecule is CC(C)(C)c1cc(NC(=O)c2cccc(C=O)c2)c(SCCN)c(NC(=O)C(N)CCCCN)c1. The van der Waals surface area contributed by atoms with E-state index >= 15 is 0 Å². The van der Waals surface area contributed by atoms with E-state index in [4.69, 9.17) is 17.2 Å². The molecule has 0 heterocycles. The van der Waals surface area contributed by atoms with Crippen LogP contribution in [0.5, 0.6) is 0 Å². The van der Waals surface area contributed by atoms with Crippen LogP contribution in [0, 0.1) is 0 Å². The highest BCUT2D eigenvalue weighted by molar-refractivity contribution is 7.99. The molecule has 2 aromatic rings.